The standard InChI is InChI=1S/C16H15BrF3N3S/c17-10-2-3-11-13(8-10)24-14-7-9(16(18,19)20)6-12(15(14)23-11)22-5-1-4-21/h2-3,6-8,22-23H,1,4-5,21H2. The molecule has 0 bridgehead atoms. The van der Waals surface area contributed by atoms with Crippen molar-refractivity contribution in [3.05, 3.63) is 40.4 Å². The first-order chi connectivity index (χ1) is 11.4. The first-order valence-corrected chi connectivity index (χ1v) is 8.93. The summed E-state index contributed by atoms with van der Waals surface area (Å²) in [5, 5.41) is 6.30. The third-order valence-corrected chi connectivity index (χ3v) is 5.14. The van der Waals surface area contributed by atoms with Gasteiger partial charge in [0.25, 0.3) is 0 Å². The van der Waals surface area contributed by atoms with E-state index in [0.717, 1.165) is 21.1 Å². The van der Waals surface area contributed by atoms with Gasteiger partial charge >= 0.3 is 6.18 Å². The van der Waals surface area contributed by atoms with Gasteiger partial charge in [-0.3, -0.25) is 0 Å². The fourth-order valence-corrected chi connectivity index (χ4v) is 4.00. The Bertz CT molecular complexity index is 765. The molecule has 2 aromatic rings. The fraction of sp³-hybridized carbons (Fsp3) is 0.250. The smallest absolute Gasteiger partial charge is 0.383 e. The van der Waals surface area contributed by atoms with Crippen molar-refractivity contribution in [3.8, 4) is 0 Å². The van der Waals surface area contributed by atoms with Crippen molar-refractivity contribution in [2.75, 3.05) is 23.7 Å². The predicted octanol–water partition coefficient (Wildman–Crippen LogP) is 5.44. The van der Waals surface area contributed by atoms with Gasteiger partial charge in [-0.2, -0.15) is 13.2 Å². The van der Waals surface area contributed by atoms with Crippen LogP contribution in [0.2, 0.25) is 0 Å². The van der Waals surface area contributed by atoms with Crippen LogP contribution in [0.4, 0.5) is 30.2 Å². The summed E-state index contributed by atoms with van der Waals surface area (Å²) in [4.78, 5) is 1.43. The summed E-state index contributed by atoms with van der Waals surface area (Å²) in [5.41, 5.74) is 6.78. The third-order valence-electron chi connectivity index (χ3n) is 3.55. The Morgan fingerprint density at radius 2 is 1.96 bits per heavy atom. The average molecular weight is 418 g/mol. The lowest BCUT2D eigenvalue weighted by atomic mass is 10.1. The maximum Gasteiger partial charge on any atom is 0.416 e. The lowest BCUT2D eigenvalue weighted by Gasteiger charge is -2.25. The lowest BCUT2D eigenvalue weighted by molar-refractivity contribution is -0.137. The molecule has 0 aliphatic carbocycles. The second-order valence-electron chi connectivity index (χ2n) is 5.33. The quantitative estimate of drug-likeness (QED) is 0.494. The van der Waals surface area contributed by atoms with Crippen molar-refractivity contribution in [2.45, 2.75) is 22.4 Å². The summed E-state index contributed by atoms with van der Waals surface area (Å²) in [6.45, 7) is 0.997. The van der Waals surface area contributed by atoms with Crippen LogP contribution in [0, 0.1) is 0 Å². The normalized spacial score (nSPS) is 13.0. The molecule has 3 rings (SSSR count). The highest BCUT2D eigenvalue weighted by atomic mass is 79.9. The minimum absolute atomic E-state index is 0.439. The van der Waals surface area contributed by atoms with E-state index >= 15 is 0 Å². The zero-order valence-corrected chi connectivity index (χ0v) is 14.9. The molecular weight excluding hydrogens is 403 g/mol. The molecule has 0 saturated heterocycles. The van der Waals surface area contributed by atoms with Crippen LogP contribution in [-0.4, -0.2) is 13.1 Å². The van der Waals surface area contributed by atoms with E-state index in [9.17, 15) is 13.2 Å². The van der Waals surface area contributed by atoms with Crippen LogP contribution < -0.4 is 16.4 Å². The van der Waals surface area contributed by atoms with E-state index in [1.54, 1.807) is 0 Å². The van der Waals surface area contributed by atoms with Gasteiger partial charge in [0.2, 0.25) is 0 Å². The number of hydrogen-bond donors (Lipinski definition) is 3. The monoisotopic (exact) mass is 417 g/mol. The average Bonchev–Trinajstić information content (AvgIpc) is 2.52. The van der Waals surface area contributed by atoms with E-state index < -0.39 is 11.7 Å². The van der Waals surface area contributed by atoms with Crippen LogP contribution >= 0.6 is 27.7 Å². The van der Waals surface area contributed by atoms with Gasteiger partial charge in [-0.1, -0.05) is 27.7 Å². The summed E-state index contributed by atoms with van der Waals surface area (Å²) >= 11 is 4.71. The molecule has 4 N–H and O–H groups in total. The molecule has 128 valence electrons. The molecular formula is C16H15BrF3N3S. The van der Waals surface area contributed by atoms with Gasteiger partial charge in [-0.25, -0.2) is 0 Å². The topological polar surface area (TPSA) is 50.1 Å². The van der Waals surface area contributed by atoms with Crippen molar-refractivity contribution >= 4 is 44.8 Å². The molecule has 24 heavy (non-hydrogen) atoms. The molecule has 0 saturated carbocycles. The molecule has 3 nitrogen and oxygen atoms in total. The Balaban J connectivity index is 2.02. The summed E-state index contributed by atoms with van der Waals surface area (Å²) in [6.07, 6.45) is -3.71. The van der Waals surface area contributed by atoms with Gasteiger partial charge in [0, 0.05) is 20.8 Å². The van der Waals surface area contributed by atoms with Gasteiger partial charge in [0.15, 0.2) is 0 Å². The Kier molecular flexibility index (Phi) is 4.98. The van der Waals surface area contributed by atoms with Crippen LogP contribution in [0.3, 0.4) is 0 Å². The van der Waals surface area contributed by atoms with Gasteiger partial charge in [-0.15, -0.1) is 0 Å². The number of halogens is 4. The molecule has 2 aromatic carbocycles. The number of rotatable bonds is 4. The highest BCUT2D eigenvalue weighted by Crippen LogP contribution is 2.49. The molecule has 1 aliphatic rings. The number of hydrogen-bond acceptors (Lipinski definition) is 4. The number of nitrogens with one attached hydrogen (secondary N) is 2. The molecule has 0 amide bonds. The second kappa shape index (κ2) is 6.85. The van der Waals surface area contributed by atoms with Crippen molar-refractivity contribution in [2.24, 2.45) is 5.73 Å². The fourth-order valence-electron chi connectivity index (χ4n) is 2.39. The summed E-state index contributed by atoms with van der Waals surface area (Å²) in [6, 6.07) is 8.01. The Hall–Kier alpha value is -1.38. The lowest BCUT2D eigenvalue weighted by Crippen LogP contribution is -2.13. The maximum absolute atomic E-state index is 13.2. The van der Waals surface area contributed by atoms with E-state index in [1.165, 1.54) is 17.8 Å². The predicted molar refractivity (Wildman–Crippen MR) is 95.2 cm³/mol. The Morgan fingerprint density at radius 1 is 1.17 bits per heavy atom. The number of nitrogens with two attached hydrogens (primary N) is 1. The van der Waals surface area contributed by atoms with Crippen LogP contribution in [0.15, 0.2) is 44.6 Å². The molecule has 0 radical (unpaired) electrons. The Morgan fingerprint density at radius 3 is 2.67 bits per heavy atom. The van der Waals surface area contributed by atoms with E-state index in [-0.39, 0.29) is 0 Å². The van der Waals surface area contributed by atoms with Crippen molar-refractivity contribution < 1.29 is 13.2 Å². The first-order valence-electron chi connectivity index (χ1n) is 7.32. The van der Waals surface area contributed by atoms with E-state index in [2.05, 4.69) is 26.6 Å². The molecule has 1 heterocycles. The van der Waals surface area contributed by atoms with Crippen LogP contribution in [0.25, 0.3) is 0 Å². The SMILES string of the molecule is NCCCNc1cc(C(F)(F)F)cc2c1Nc1ccc(Br)cc1S2. The van der Waals surface area contributed by atoms with Crippen molar-refractivity contribution in [1.82, 2.24) is 0 Å². The summed E-state index contributed by atoms with van der Waals surface area (Å²) in [5.74, 6) is 0. The van der Waals surface area contributed by atoms with E-state index in [4.69, 9.17) is 5.73 Å². The number of fused-ring (bicyclic) bond motifs is 2. The minimum atomic E-state index is -4.39. The highest BCUT2D eigenvalue weighted by Gasteiger charge is 2.33. The third kappa shape index (κ3) is 3.65. The summed E-state index contributed by atoms with van der Waals surface area (Å²) in [7, 11) is 0. The van der Waals surface area contributed by atoms with Gasteiger partial charge < -0.3 is 16.4 Å². The molecule has 8 heteroatoms. The molecule has 1 aliphatic heterocycles. The highest BCUT2D eigenvalue weighted by molar-refractivity contribution is 9.10. The molecule has 0 unspecified atom stereocenters. The van der Waals surface area contributed by atoms with E-state index in [0.29, 0.717) is 35.8 Å². The van der Waals surface area contributed by atoms with Gasteiger partial charge in [-0.05, 0) is 43.3 Å². The van der Waals surface area contributed by atoms with Crippen molar-refractivity contribution in [1.29, 1.82) is 0 Å². The summed E-state index contributed by atoms with van der Waals surface area (Å²) < 4.78 is 40.5. The van der Waals surface area contributed by atoms with Crippen LogP contribution in [0.5, 0.6) is 0 Å². The van der Waals surface area contributed by atoms with Gasteiger partial charge in [0.05, 0.1) is 22.6 Å². The first kappa shape index (κ1) is 17.4. The van der Waals surface area contributed by atoms with Crippen LogP contribution in [0.1, 0.15) is 12.0 Å². The molecule has 0 spiro atoms. The maximum atomic E-state index is 13.2. The zero-order chi connectivity index (χ0) is 17.3. The number of benzene rings is 2. The van der Waals surface area contributed by atoms with E-state index in [1.807, 2.05) is 18.2 Å². The molecule has 0 aromatic heterocycles. The number of alkyl halides is 3. The Labute approximate surface area is 150 Å². The second-order valence-corrected chi connectivity index (χ2v) is 7.33. The zero-order valence-electron chi connectivity index (χ0n) is 12.5. The molecule has 0 atom stereocenters. The molecule has 0 fully saturated rings. The van der Waals surface area contributed by atoms with Crippen molar-refractivity contribution in [3.63, 3.8) is 0 Å². The minimum Gasteiger partial charge on any atom is -0.383 e. The van der Waals surface area contributed by atoms with Gasteiger partial charge in [0.1, 0.15) is 0 Å². The largest absolute Gasteiger partial charge is 0.416 e. The number of anilines is 3. The van der Waals surface area contributed by atoms with Crippen LogP contribution in [-0.2, 0) is 6.18 Å².